The molecule has 1 aromatic carbocycles. The molecule has 0 saturated heterocycles. The number of thiophene rings is 1. The SMILES string of the molecule is NC(=O)c1nc(-c2cccs2)n(-c2ccc(F)cc2)n1. The van der Waals surface area contributed by atoms with Crippen LogP contribution in [0.1, 0.15) is 10.6 Å². The molecule has 0 bridgehead atoms. The van der Waals surface area contributed by atoms with Gasteiger partial charge in [0.25, 0.3) is 5.91 Å². The normalized spacial score (nSPS) is 10.7. The van der Waals surface area contributed by atoms with Crippen LogP contribution in [0.4, 0.5) is 4.39 Å². The standard InChI is InChI=1S/C13H9FN4OS/c14-8-3-5-9(6-4-8)18-13(10-2-1-7-20-10)16-12(17-18)11(15)19/h1-7H,(H2,15,19). The number of hydrogen-bond acceptors (Lipinski definition) is 4. The largest absolute Gasteiger partial charge is 0.363 e. The average Bonchev–Trinajstić information content (AvgIpc) is 3.08. The number of carbonyl (C=O) groups excluding carboxylic acids is 1. The molecule has 7 heteroatoms. The number of rotatable bonds is 3. The molecule has 0 fully saturated rings. The minimum Gasteiger partial charge on any atom is -0.363 e. The maximum atomic E-state index is 13.0. The van der Waals surface area contributed by atoms with Crippen molar-refractivity contribution in [2.45, 2.75) is 0 Å². The Hall–Kier alpha value is -2.54. The Morgan fingerprint density at radius 1 is 1.25 bits per heavy atom. The summed E-state index contributed by atoms with van der Waals surface area (Å²) >= 11 is 1.46. The molecular formula is C13H9FN4OS. The molecule has 0 aliphatic rings. The molecule has 5 nitrogen and oxygen atoms in total. The topological polar surface area (TPSA) is 73.8 Å². The highest BCUT2D eigenvalue weighted by Gasteiger charge is 2.17. The van der Waals surface area contributed by atoms with E-state index in [4.69, 9.17) is 5.73 Å². The summed E-state index contributed by atoms with van der Waals surface area (Å²) in [5.74, 6) is -0.622. The highest BCUT2D eigenvalue weighted by Crippen LogP contribution is 2.25. The number of carbonyl (C=O) groups is 1. The lowest BCUT2D eigenvalue weighted by atomic mass is 10.3. The Balaban J connectivity index is 2.18. The molecule has 0 spiro atoms. The number of primary amides is 1. The van der Waals surface area contributed by atoms with Gasteiger partial charge in [-0.25, -0.2) is 14.1 Å². The Bertz CT molecular complexity index is 749. The summed E-state index contributed by atoms with van der Waals surface area (Å²) in [6, 6.07) is 9.49. The number of nitrogens with two attached hydrogens (primary N) is 1. The van der Waals surface area contributed by atoms with E-state index in [-0.39, 0.29) is 11.6 Å². The third kappa shape index (κ3) is 2.19. The molecule has 2 N–H and O–H groups in total. The van der Waals surface area contributed by atoms with E-state index in [1.54, 1.807) is 12.1 Å². The number of amides is 1. The van der Waals surface area contributed by atoms with Gasteiger partial charge in [0, 0.05) is 0 Å². The summed E-state index contributed by atoms with van der Waals surface area (Å²) in [5.41, 5.74) is 5.82. The Morgan fingerprint density at radius 2 is 2.00 bits per heavy atom. The highest BCUT2D eigenvalue weighted by atomic mass is 32.1. The maximum Gasteiger partial charge on any atom is 0.288 e. The van der Waals surface area contributed by atoms with E-state index in [1.165, 1.54) is 28.2 Å². The van der Waals surface area contributed by atoms with Crippen molar-refractivity contribution >= 4 is 17.2 Å². The molecule has 3 aromatic rings. The quantitative estimate of drug-likeness (QED) is 0.803. The predicted octanol–water partition coefficient (Wildman–Crippen LogP) is 2.23. The van der Waals surface area contributed by atoms with Gasteiger partial charge in [-0.3, -0.25) is 4.79 Å². The third-order valence-electron chi connectivity index (χ3n) is 2.64. The first-order chi connectivity index (χ1) is 9.65. The summed E-state index contributed by atoms with van der Waals surface area (Å²) in [6.45, 7) is 0. The van der Waals surface area contributed by atoms with Crippen molar-refractivity contribution in [2.24, 2.45) is 5.73 Å². The first-order valence-corrected chi connectivity index (χ1v) is 6.60. The van der Waals surface area contributed by atoms with Crippen molar-refractivity contribution in [1.82, 2.24) is 14.8 Å². The van der Waals surface area contributed by atoms with Crippen LogP contribution in [0.25, 0.3) is 16.4 Å². The molecule has 2 aromatic heterocycles. The van der Waals surface area contributed by atoms with Crippen LogP contribution >= 0.6 is 11.3 Å². The van der Waals surface area contributed by atoms with Gasteiger partial charge in [-0.1, -0.05) is 6.07 Å². The van der Waals surface area contributed by atoms with Crippen LogP contribution in [0.5, 0.6) is 0 Å². The predicted molar refractivity (Wildman–Crippen MR) is 73.1 cm³/mol. The first-order valence-electron chi connectivity index (χ1n) is 5.72. The molecule has 3 rings (SSSR count). The second kappa shape index (κ2) is 4.86. The van der Waals surface area contributed by atoms with Crippen molar-refractivity contribution in [3.05, 3.63) is 53.4 Å². The molecule has 2 heterocycles. The lowest BCUT2D eigenvalue weighted by molar-refractivity contribution is 0.0990. The van der Waals surface area contributed by atoms with E-state index in [0.717, 1.165) is 4.88 Å². The summed E-state index contributed by atoms with van der Waals surface area (Å²) in [6.07, 6.45) is 0. The number of benzene rings is 1. The lowest BCUT2D eigenvalue weighted by Gasteiger charge is -2.03. The summed E-state index contributed by atoms with van der Waals surface area (Å²) in [5, 5.41) is 5.97. The van der Waals surface area contributed by atoms with Crippen molar-refractivity contribution in [2.75, 3.05) is 0 Å². The van der Waals surface area contributed by atoms with Crippen LogP contribution in [0, 0.1) is 5.82 Å². The fourth-order valence-corrected chi connectivity index (χ4v) is 2.44. The number of aromatic nitrogens is 3. The van der Waals surface area contributed by atoms with E-state index in [0.29, 0.717) is 11.5 Å². The van der Waals surface area contributed by atoms with Crippen molar-refractivity contribution in [1.29, 1.82) is 0 Å². The molecule has 0 atom stereocenters. The molecule has 0 radical (unpaired) electrons. The Morgan fingerprint density at radius 3 is 2.60 bits per heavy atom. The highest BCUT2D eigenvalue weighted by molar-refractivity contribution is 7.13. The van der Waals surface area contributed by atoms with Crippen LogP contribution < -0.4 is 5.73 Å². The molecule has 100 valence electrons. The van der Waals surface area contributed by atoms with E-state index in [9.17, 15) is 9.18 Å². The zero-order chi connectivity index (χ0) is 14.1. The molecule has 20 heavy (non-hydrogen) atoms. The van der Waals surface area contributed by atoms with Gasteiger partial charge in [0.2, 0.25) is 5.82 Å². The van der Waals surface area contributed by atoms with E-state index in [1.807, 2.05) is 17.5 Å². The van der Waals surface area contributed by atoms with Crippen LogP contribution in [0.3, 0.4) is 0 Å². The van der Waals surface area contributed by atoms with Gasteiger partial charge in [0.15, 0.2) is 5.82 Å². The zero-order valence-electron chi connectivity index (χ0n) is 10.2. The number of hydrogen-bond donors (Lipinski definition) is 1. The van der Waals surface area contributed by atoms with Crippen molar-refractivity contribution < 1.29 is 9.18 Å². The number of nitrogens with zero attached hydrogens (tertiary/aromatic N) is 3. The summed E-state index contributed by atoms with van der Waals surface area (Å²) in [4.78, 5) is 16.2. The third-order valence-corrected chi connectivity index (χ3v) is 3.51. The first kappa shape index (κ1) is 12.5. The van der Waals surface area contributed by atoms with Gasteiger partial charge in [-0.05, 0) is 35.7 Å². The fraction of sp³-hybridized carbons (Fsp3) is 0. The van der Waals surface area contributed by atoms with Gasteiger partial charge in [0.05, 0.1) is 10.6 Å². The van der Waals surface area contributed by atoms with Crippen LogP contribution in [-0.4, -0.2) is 20.7 Å². The summed E-state index contributed by atoms with van der Waals surface area (Å²) < 4.78 is 14.5. The minimum atomic E-state index is -0.705. The monoisotopic (exact) mass is 288 g/mol. The smallest absolute Gasteiger partial charge is 0.288 e. The van der Waals surface area contributed by atoms with Crippen molar-refractivity contribution in [3.8, 4) is 16.4 Å². The van der Waals surface area contributed by atoms with E-state index < -0.39 is 5.91 Å². The maximum absolute atomic E-state index is 13.0. The van der Waals surface area contributed by atoms with Crippen LogP contribution in [0.2, 0.25) is 0 Å². The Labute approximate surface area is 117 Å². The second-order valence-corrected chi connectivity index (χ2v) is 4.94. The van der Waals surface area contributed by atoms with Crippen LogP contribution in [0.15, 0.2) is 41.8 Å². The van der Waals surface area contributed by atoms with Gasteiger partial charge in [0.1, 0.15) is 5.82 Å². The minimum absolute atomic E-state index is 0.0716. The van der Waals surface area contributed by atoms with Gasteiger partial charge in [-0.15, -0.1) is 16.4 Å². The lowest BCUT2D eigenvalue weighted by Crippen LogP contribution is -2.13. The molecule has 0 aliphatic heterocycles. The molecule has 0 unspecified atom stereocenters. The summed E-state index contributed by atoms with van der Waals surface area (Å²) in [7, 11) is 0. The zero-order valence-corrected chi connectivity index (χ0v) is 11.0. The number of halogens is 1. The molecule has 0 saturated carbocycles. The van der Waals surface area contributed by atoms with Gasteiger partial charge < -0.3 is 5.73 Å². The fourth-order valence-electron chi connectivity index (χ4n) is 1.74. The van der Waals surface area contributed by atoms with E-state index >= 15 is 0 Å². The van der Waals surface area contributed by atoms with Gasteiger partial charge in [-0.2, -0.15) is 0 Å². The van der Waals surface area contributed by atoms with Crippen molar-refractivity contribution in [3.63, 3.8) is 0 Å². The van der Waals surface area contributed by atoms with Gasteiger partial charge >= 0.3 is 0 Å². The van der Waals surface area contributed by atoms with Crippen LogP contribution in [-0.2, 0) is 0 Å². The molecule has 0 aliphatic carbocycles. The Kier molecular flexibility index (Phi) is 3.03. The average molecular weight is 288 g/mol. The van der Waals surface area contributed by atoms with E-state index in [2.05, 4.69) is 10.1 Å². The molecule has 1 amide bonds. The second-order valence-electron chi connectivity index (χ2n) is 3.99. The molecular weight excluding hydrogens is 279 g/mol.